The van der Waals surface area contributed by atoms with E-state index in [9.17, 15) is 4.79 Å². The first-order valence-electron chi connectivity index (χ1n) is 7.51. The van der Waals surface area contributed by atoms with E-state index in [2.05, 4.69) is 34.3 Å². The van der Waals surface area contributed by atoms with Crippen molar-refractivity contribution < 1.29 is 4.79 Å². The number of aromatic amines is 1. The normalized spacial score (nSPS) is 17.3. The quantitative estimate of drug-likeness (QED) is 0.755. The van der Waals surface area contributed by atoms with Crippen molar-refractivity contribution in [2.45, 2.75) is 45.6 Å². The summed E-state index contributed by atoms with van der Waals surface area (Å²) >= 11 is 0. The largest absolute Gasteiger partial charge is 0.395 e. The zero-order valence-electron chi connectivity index (χ0n) is 12.4. The molecule has 4 N–H and O–H groups in total. The molecular formula is C14H25N5O. The Balaban J connectivity index is 1.92. The first-order valence-corrected chi connectivity index (χ1v) is 7.51. The molecule has 0 aliphatic carbocycles. The number of H-pyrrole nitrogens is 1. The van der Waals surface area contributed by atoms with Gasteiger partial charge in [-0.2, -0.15) is 5.10 Å². The summed E-state index contributed by atoms with van der Waals surface area (Å²) in [7, 11) is 0. The SMILES string of the molecule is CCCc1[nH]nc(C(=O)NC2CCN(CC)CC2)c1N. The maximum Gasteiger partial charge on any atom is 0.274 e. The van der Waals surface area contributed by atoms with Crippen LogP contribution in [0.5, 0.6) is 0 Å². The van der Waals surface area contributed by atoms with Gasteiger partial charge in [0, 0.05) is 19.1 Å². The number of carbonyl (C=O) groups excluding carboxylic acids is 1. The van der Waals surface area contributed by atoms with Gasteiger partial charge >= 0.3 is 0 Å². The number of nitrogens with zero attached hydrogens (tertiary/aromatic N) is 2. The molecule has 0 spiro atoms. The summed E-state index contributed by atoms with van der Waals surface area (Å²) in [6, 6.07) is 0.232. The third-order valence-corrected chi connectivity index (χ3v) is 3.97. The molecule has 1 aliphatic heterocycles. The average Bonchev–Trinajstić information content (AvgIpc) is 2.82. The zero-order chi connectivity index (χ0) is 14.5. The van der Waals surface area contributed by atoms with Gasteiger partial charge in [0.2, 0.25) is 0 Å². The number of rotatable bonds is 5. The number of aromatic nitrogens is 2. The van der Waals surface area contributed by atoms with Crippen molar-refractivity contribution >= 4 is 11.6 Å². The molecule has 0 atom stereocenters. The number of aryl methyl sites for hydroxylation is 1. The topological polar surface area (TPSA) is 87.0 Å². The fourth-order valence-corrected chi connectivity index (χ4v) is 2.65. The Kier molecular flexibility index (Phi) is 5.00. The van der Waals surface area contributed by atoms with Crippen molar-refractivity contribution in [3.63, 3.8) is 0 Å². The summed E-state index contributed by atoms with van der Waals surface area (Å²) < 4.78 is 0. The van der Waals surface area contributed by atoms with Gasteiger partial charge < -0.3 is 16.0 Å². The summed E-state index contributed by atoms with van der Waals surface area (Å²) in [5, 5.41) is 9.97. The Labute approximate surface area is 120 Å². The maximum absolute atomic E-state index is 12.2. The van der Waals surface area contributed by atoms with Gasteiger partial charge in [-0.15, -0.1) is 0 Å². The highest BCUT2D eigenvalue weighted by molar-refractivity contribution is 5.97. The molecule has 1 aromatic rings. The van der Waals surface area contributed by atoms with Crippen LogP contribution in [0.25, 0.3) is 0 Å². The Morgan fingerprint density at radius 1 is 1.45 bits per heavy atom. The lowest BCUT2D eigenvalue weighted by atomic mass is 10.0. The third kappa shape index (κ3) is 3.30. The van der Waals surface area contributed by atoms with Gasteiger partial charge in [0.15, 0.2) is 5.69 Å². The van der Waals surface area contributed by atoms with E-state index in [0.29, 0.717) is 11.4 Å². The molecule has 1 fully saturated rings. The monoisotopic (exact) mass is 279 g/mol. The van der Waals surface area contributed by atoms with Gasteiger partial charge in [-0.05, 0) is 25.8 Å². The predicted molar refractivity (Wildman–Crippen MR) is 79.6 cm³/mol. The fourth-order valence-electron chi connectivity index (χ4n) is 2.65. The molecular weight excluding hydrogens is 254 g/mol. The van der Waals surface area contributed by atoms with Crippen LogP contribution >= 0.6 is 0 Å². The van der Waals surface area contributed by atoms with E-state index in [1.807, 2.05) is 0 Å². The molecule has 0 radical (unpaired) electrons. The first-order chi connectivity index (χ1) is 9.65. The van der Waals surface area contributed by atoms with E-state index in [0.717, 1.165) is 51.0 Å². The molecule has 0 saturated carbocycles. The number of carbonyl (C=O) groups is 1. The molecule has 20 heavy (non-hydrogen) atoms. The number of hydrogen-bond acceptors (Lipinski definition) is 4. The van der Waals surface area contributed by atoms with Crippen LogP contribution in [0.2, 0.25) is 0 Å². The van der Waals surface area contributed by atoms with Crippen LogP contribution in [-0.2, 0) is 6.42 Å². The zero-order valence-corrected chi connectivity index (χ0v) is 12.4. The molecule has 1 aromatic heterocycles. The van der Waals surface area contributed by atoms with E-state index >= 15 is 0 Å². The minimum atomic E-state index is -0.156. The molecule has 112 valence electrons. The van der Waals surface area contributed by atoms with E-state index in [4.69, 9.17) is 5.73 Å². The van der Waals surface area contributed by atoms with Crippen molar-refractivity contribution in [1.29, 1.82) is 0 Å². The van der Waals surface area contributed by atoms with Gasteiger partial charge in [0.1, 0.15) is 0 Å². The maximum atomic E-state index is 12.2. The molecule has 2 heterocycles. The van der Waals surface area contributed by atoms with Crippen molar-refractivity contribution in [2.75, 3.05) is 25.4 Å². The number of likely N-dealkylation sites (tertiary alicyclic amines) is 1. The highest BCUT2D eigenvalue weighted by Crippen LogP contribution is 2.17. The number of nitrogen functional groups attached to an aromatic ring is 1. The van der Waals surface area contributed by atoms with Crippen molar-refractivity contribution in [2.24, 2.45) is 0 Å². The molecule has 1 amide bonds. The lowest BCUT2D eigenvalue weighted by Crippen LogP contribution is -2.44. The summed E-state index contributed by atoms with van der Waals surface area (Å²) in [6.45, 7) is 7.39. The number of amides is 1. The lowest BCUT2D eigenvalue weighted by molar-refractivity contribution is 0.0908. The second kappa shape index (κ2) is 6.74. The standard InChI is InChI=1S/C14H25N5O/c1-3-5-11-12(15)13(18-17-11)14(20)16-10-6-8-19(4-2)9-7-10/h10H,3-9,15H2,1-2H3,(H,16,20)(H,17,18). The van der Waals surface area contributed by atoms with Crippen LogP contribution in [0.3, 0.4) is 0 Å². The van der Waals surface area contributed by atoms with Gasteiger partial charge in [-0.1, -0.05) is 20.3 Å². The average molecular weight is 279 g/mol. The number of piperidine rings is 1. The van der Waals surface area contributed by atoms with Gasteiger partial charge in [-0.3, -0.25) is 9.89 Å². The summed E-state index contributed by atoms with van der Waals surface area (Å²) in [4.78, 5) is 14.6. The Morgan fingerprint density at radius 2 is 2.15 bits per heavy atom. The summed E-state index contributed by atoms with van der Waals surface area (Å²) in [6.07, 6.45) is 3.78. The highest BCUT2D eigenvalue weighted by atomic mass is 16.2. The van der Waals surface area contributed by atoms with Crippen LogP contribution < -0.4 is 11.1 Å². The second-order valence-electron chi connectivity index (χ2n) is 5.40. The Bertz CT molecular complexity index is 448. The lowest BCUT2D eigenvalue weighted by Gasteiger charge is -2.31. The molecule has 1 saturated heterocycles. The molecule has 0 unspecified atom stereocenters. The van der Waals surface area contributed by atoms with E-state index < -0.39 is 0 Å². The number of nitrogens with two attached hydrogens (primary N) is 1. The van der Waals surface area contributed by atoms with E-state index in [-0.39, 0.29) is 11.9 Å². The molecule has 1 aliphatic rings. The summed E-state index contributed by atoms with van der Waals surface area (Å²) in [5.74, 6) is -0.156. The molecule has 6 heteroatoms. The summed E-state index contributed by atoms with van der Waals surface area (Å²) in [5.41, 5.74) is 7.67. The van der Waals surface area contributed by atoms with E-state index in [1.54, 1.807) is 0 Å². The van der Waals surface area contributed by atoms with Crippen molar-refractivity contribution in [3.8, 4) is 0 Å². The number of anilines is 1. The molecule has 2 rings (SSSR count). The van der Waals surface area contributed by atoms with Gasteiger partial charge in [-0.25, -0.2) is 0 Å². The third-order valence-electron chi connectivity index (χ3n) is 3.97. The van der Waals surface area contributed by atoms with Crippen LogP contribution in [0.15, 0.2) is 0 Å². The highest BCUT2D eigenvalue weighted by Gasteiger charge is 2.23. The van der Waals surface area contributed by atoms with Crippen LogP contribution in [0.4, 0.5) is 5.69 Å². The number of hydrogen-bond donors (Lipinski definition) is 3. The van der Waals surface area contributed by atoms with Gasteiger partial charge in [0.05, 0.1) is 11.4 Å². The Morgan fingerprint density at radius 3 is 2.75 bits per heavy atom. The van der Waals surface area contributed by atoms with Crippen LogP contribution in [-0.4, -0.2) is 46.7 Å². The van der Waals surface area contributed by atoms with Crippen LogP contribution in [0, 0.1) is 0 Å². The predicted octanol–water partition coefficient (Wildman–Crippen LogP) is 1.16. The second-order valence-corrected chi connectivity index (χ2v) is 5.40. The number of nitrogens with one attached hydrogen (secondary N) is 2. The molecule has 6 nitrogen and oxygen atoms in total. The van der Waals surface area contributed by atoms with E-state index in [1.165, 1.54) is 0 Å². The Hall–Kier alpha value is -1.56. The molecule has 0 bridgehead atoms. The first kappa shape index (κ1) is 14.8. The minimum Gasteiger partial charge on any atom is -0.395 e. The minimum absolute atomic E-state index is 0.156. The van der Waals surface area contributed by atoms with Crippen LogP contribution in [0.1, 0.15) is 49.3 Å². The van der Waals surface area contributed by atoms with Crippen molar-refractivity contribution in [1.82, 2.24) is 20.4 Å². The van der Waals surface area contributed by atoms with Crippen molar-refractivity contribution in [3.05, 3.63) is 11.4 Å². The van der Waals surface area contributed by atoms with Gasteiger partial charge in [0.25, 0.3) is 5.91 Å². The fraction of sp³-hybridized carbons (Fsp3) is 0.714. The molecule has 0 aromatic carbocycles. The smallest absolute Gasteiger partial charge is 0.274 e.